The molecule has 5 nitrogen and oxygen atoms in total. The first kappa shape index (κ1) is 16.8. The second kappa shape index (κ2) is 8.78. The summed E-state index contributed by atoms with van der Waals surface area (Å²) in [5.74, 6) is 1.57. The fourth-order valence-electron chi connectivity index (χ4n) is 2.03. The second-order valence-corrected chi connectivity index (χ2v) is 5.24. The number of aromatic nitrogens is 1. The molecule has 1 aromatic carbocycles. The lowest BCUT2D eigenvalue weighted by Gasteiger charge is -2.08. The molecule has 122 valence electrons. The largest absolute Gasteiger partial charge is 0.497 e. The van der Waals surface area contributed by atoms with Gasteiger partial charge in [-0.3, -0.25) is 4.79 Å². The van der Waals surface area contributed by atoms with Crippen LogP contribution in [0.2, 0.25) is 0 Å². The van der Waals surface area contributed by atoms with E-state index in [1.54, 1.807) is 7.11 Å². The van der Waals surface area contributed by atoms with E-state index in [4.69, 9.17) is 9.47 Å². The number of rotatable bonds is 8. The van der Waals surface area contributed by atoms with Gasteiger partial charge >= 0.3 is 0 Å². The third-order valence-electron chi connectivity index (χ3n) is 3.41. The average molecular weight is 315 g/mol. The number of aryl methyl sites for hydroxylation is 2. The number of benzene rings is 1. The van der Waals surface area contributed by atoms with E-state index < -0.39 is 0 Å². The van der Waals surface area contributed by atoms with Crippen molar-refractivity contribution in [1.82, 2.24) is 5.32 Å². The molecule has 2 rings (SSSR count). The highest BCUT2D eigenvalue weighted by Crippen LogP contribution is 2.16. The lowest BCUT2D eigenvalue weighted by Crippen LogP contribution is -2.37. The first-order valence-electron chi connectivity index (χ1n) is 7.66. The van der Waals surface area contributed by atoms with Gasteiger partial charge in [0, 0.05) is 12.1 Å². The quantitative estimate of drug-likeness (QED) is 0.598. The van der Waals surface area contributed by atoms with Crippen LogP contribution in [0.4, 0.5) is 0 Å². The molecular weight excluding hydrogens is 292 g/mol. The van der Waals surface area contributed by atoms with Gasteiger partial charge in [-0.1, -0.05) is 0 Å². The minimum Gasteiger partial charge on any atom is -0.497 e. The predicted molar refractivity (Wildman–Crippen MR) is 87.5 cm³/mol. The molecule has 0 saturated heterocycles. The van der Waals surface area contributed by atoms with Crippen LogP contribution in [0.15, 0.2) is 48.8 Å². The SMILES string of the molecule is COc1ccc(OCCNC(=O)CC[n+]2ccc(C)cc2)cc1. The minimum absolute atomic E-state index is 0.0244. The average Bonchev–Trinajstić information content (AvgIpc) is 2.59. The van der Waals surface area contributed by atoms with E-state index >= 15 is 0 Å². The summed E-state index contributed by atoms with van der Waals surface area (Å²) in [6.07, 6.45) is 4.42. The van der Waals surface area contributed by atoms with Crippen LogP contribution in [-0.2, 0) is 11.3 Å². The Morgan fingerprint density at radius 3 is 2.39 bits per heavy atom. The number of methoxy groups -OCH3 is 1. The summed E-state index contributed by atoms with van der Waals surface area (Å²) < 4.78 is 12.6. The number of carbonyl (C=O) groups is 1. The van der Waals surface area contributed by atoms with Gasteiger partial charge in [-0.25, -0.2) is 4.57 Å². The fourth-order valence-corrected chi connectivity index (χ4v) is 2.03. The summed E-state index contributed by atoms with van der Waals surface area (Å²) in [5, 5.41) is 2.86. The summed E-state index contributed by atoms with van der Waals surface area (Å²) in [4.78, 5) is 11.8. The van der Waals surface area contributed by atoms with Gasteiger partial charge in [0.1, 0.15) is 18.1 Å². The van der Waals surface area contributed by atoms with Crippen LogP contribution < -0.4 is 19.4 Å². The first-order chi connectivity index (χ1) is 11.2. The topological polar surface area (TPSA) is 51.4 Å². The predicted octanol–water partition coefficient (Wildman–Crippen LogP) is 1.88. The van der Waals surface area contributed by atoms with Gasteiger partial charge in [0.25, 0.3) is 0 Å². The number of ether oxygens (including phenoxy) is 2. The van der Waals surface area contributed by atoms with E-state index in [1.807, 2.05) is 60.3 Å². The highest BCUT2D eigenvalue weighted by atomic mass is 16.5. The third kappa shape index (κ3) is 5.98. The Balaban J connectivity index is 1.61. The lowest BCUT2D eigenvalue weighted by molar-refractivity contribution is -0.695. The molecule has 1 N–H and O–H groups in total. The molecule has 0 aliphatic heterocycles. The van der Waals surface area contributed by atoms with Crippen molar-refractivity contribution in [3.8, 4) is 11.5 Å². The van der Waals surface area contributed by atoms with Crippen molar-refractivity contribution in [1.29, 1.82) is 0 Å². The van der Waals surface area contributed by atoms with Gasteiger partial charge in [-0.2, -0.15) is 0 Å². The van der Waals surface area contributed by atoms with E-state index in [-0.39, 0.29) is 5.91 Å². The maximum absolute atomic E-state index is 11.8. The molecule has 1 aromatic heterocycles. The van der Waals surface area contributed by atoms with E-state index in [0.29, 0.717) is 26.1 Å². The maximum Gasteiger partial charge on any atom is 0.226 e. The maximum atomic E-state index is 11.8. The molecule has 0 aliphatic rings. The molecule has 0 fully saturated rings. The van der Waals surface area contributed by atoms with Gasteiger partial charge < -0.3 is 14.8 Å². The summed E-state index contributed by atoms with van der Waals surface area (Å²) in [6.45, 7) is 3.64. The van der Waals surface area contributed by atoms with Crippen molar-refractivity contribution in [2.24, 2.45) is 0 Å². The monoisotopic (exact) mass is 315 g/mol. The summed E-state index contributed by atoms with van der Waals surface area (Å²) in [5.41, 5.74) is 1.21. The Bertz CT molecular complexity index is 609. The molecule has 0 saturated carbocycles. The van der Waals surface area contributed by atoms with Gasteiger partial charge in [0.05, 0.1) is 20.1 Å². The number of nitrogens with one attached hydrogen (secondary N) is 1. The highest BCUT2D eigenvalue weighted by molar-refractivity contribution is 5.75. The van der Waals surface area contributed by atoms with Crippen LogP contribution in [-0.4, -0.2) is 26.2 Å². The Hall–Kier alpha value is -2.56. The molecule has 0 atom stereocenters. The number of pyridine rings is 1. The molecule has 1 amide bonds. The van der Waals surface area contributed by atoms with Crippen molar-refractivity contribution in [2.45, 2.75) is 19.9 Å². The van der Waals surface area contributed by atoms with Crippen LogP contribution in [0, 0.1) is 6.92 Å². The first-order valence-corrected chi connectivity index (χ1v) is 7.66. The van der Waals surface area contributed by atoms with Gasteiger partial charge in [-0.05, 0) is 36.8 Å². The molecule has 0 aliphatic carbocycles. The van der Waals surface area contributed by atoms with E-state index in [0.717, 1.165) is 11.5 Å². The van der Waals surface area contributed by atoms with Gasteiger partial charge in [-0.15, -0.1) is 0 Å². The lowest BCUT2D eigenvalue weighted by atomic mass is 10.3. The number of hydrogen-bond donors (Lipinski definition) is 1. The zero-order valence-corrected chi connectivity index (χ0v) is 13.6. The van der Waals surface area contributed by atoms with E-state index in [2.05, 4.69) is 5.32 Å². The Morgan fingerprint density at radius 1 is 1.09 bits per heavy atom. The normalized spacial score (nSPS) is 10.2. The molecule has 0 unspecified atom stereocenters. The molecule has 23 heavy (non-hydrogen) atoms. The summed E-state index contributed by atoms with van der Waals surface area (Å²) in [7, 11) is 1.63. The van der Waals surface area contributed by atoms with E-state index in [9.17, 15) is 4.79 Å². The van der Waals surface area contributed by atoms with Crippen LogP contribution in [0.1, 0.15) is 12.0 Å². The van der Waals surface area contributed by atoms with Crippen LogP contribution >= 0.6 is 0 Å². The Labute approximate surface area is 136 Å². The Morgan fingerprint density at radius 2 is 1.74 bits per heavy atom. The number of hydrogen-bond acceptors (Lipinski definition) is 3. The standard InChI is InChI=1S/C18H22N2O3/c1-15-7-11-20(12-8-15)13-9-18(21)19-10-14-23-17-5-3-16(22-2)4-6-17/h3-8,11-12H,9-10,13-14H2,1-2H3/p+1. The van der Waals surface area contributed by atoms with Crippen LogP contribution in [0.5, 0.6) is 11.5 Å². The van der Waals surface area contributed by atoms with Gasteiger partial charge in [0.15, 0.2) is 18.9 Å². The van der Waals surface area contributed by atoms with Crippen molar-refractivity contribution in [3.63, 3.8) is 0 Å². The summed E-state index contributed by atoms with van der Waals surface area (Å²) in [6, 6.07) is 11.4. The minimum atomic E-state index is 0.0244. The molecule has 5 heteroatoms. The zero-order chi connectivity index (χ0) is 16.5. The molecule has 1 heterocycles. The van der Waals surface area contributed by atoms with Crippen LogP contribution in [0.25, 0.3) is 0 Å². The van der Waals surface area contributed by atoms with Gasteiger partial charge in [0.2, 0.25) is 5.91 Å². The molecule has 0 radical (unpaired) electrons. The van der Waals surface area contributed by atoms with Crippen molar-refractivity contribution in [2.75, 3.05) is 20.3 Å². The highest BCUT2D eigenvalue weighted by Gasteiger charge is 2.06. The molecule has 0 spiro atoms. The summed E-state index contributed by atoms with van der Waals surface area (Å²) >= 11 is 0. The smallest absolute Gasteiger partial charge is 0.226 e. The third-order valence-corrected chi connectivity index (χ3v) is 3.41. The number of nitrogens with zero attached hydrogens (tertiary/aromatic N) is 1. The van der Waals surface area contributed by atoms with Crippen molar-refractivity contribution in [3.05, 3.63) is 54.4 Å². The van der Waals surface area contributed by atoms with Crippen molar-refractivity contribution < 1.29 is 18.8 Å². The number of amides is 1. The van der Waals surface area contributed by atoms with Crippen molar-refractivity contribution >= 4 is 5.91 Å². The number of carbonyl (C=O) groups excluding carboxylic acids is 1. The van der Waals surface area contributed by atoms with Crippen LogP contribution in [0.3, 0.4) is 0 Å². The molecular formula is C18H23N2O3+. The van der Waals surface area contributed by atoms with E-state index in [1.165, 1.54) is 5.56 Å². The Kier molecular flexibility index (Phi) is 6.41. The second-order valence-electron chi connectivity index (χ2n) is 5.24. The zero-order valence-electron chi connectivity index (χ0n) is 13.6. The molecule has 0 bridgehead atoms. The fraction of sp³-hybridized carbons (Fsp3) is 0.333. The molecule has 2 aromatic rings.